The molecule has 2 heteroatoms. The van der Waals surface area contributed by atoms with Gasteiger partial charge in [0.1, 0.15) is 0 Å². The zero-order valence-corrected chi connectivity index (χ0v) is 8.40. The second kappa shape index (κ2) is 2.55. The molecule has 0 N–H and O–H groups in total. The van der Waals surface area contributed by atoms with Crippen LogP contribution in [0.15, 0.2) is 17.8 Å². The first-order valence-corrected chi connectivity index (χ1v) is 5.56. The largest absolute Gasteiger partial charge is 0.263 e. The minimum Gasteiger partial charge on any atom is -0.263 e. The summed E-state index contributed by atoms with van der Waals surface area (Å²) in [6.45, 7) is 2.16. The molecule has 0 bridgehead atoms. The molecule has 3 rings (SSSR count). The van der Waals surface area contributed by atoms with Crippen LogP contribution in [-0.2, 0) is 0 Å². The van der Waals surface area contributed by atoms with Crippen LogP contribution in [0.25, 0.3) is 10.1 Å². The third-order valence-corrected chi connectivity index (χ3v) is 3.65. The first kappa shape index (κ1) is 7.51. The Kier molecular flexibility index (Phi) is 1.47. The van der Waals surface area contributed by atoms with E-state index in [1.807, 2.05) is 23.7 Å². The molecule has 0 radical (unpaired) electrons. The molecule has 66 valence electrons. The summed E-state index contributed by atoms with van der Waals surface area (Å²) in [6.07, 6.45) is 6.72. The van der Waals surface area contributed by atoms with Crippen molar-refractivity contribution in [1.29, 1.82) is 0 Å². The van der Waals surface area contributed by atoms with Crippen LogP contribution in [0, 0.1) is 6.92 Å². The molecule has 1 nitrogen and oxygen atoms in total. The molecule has 0 aliphatic heterocycles. The normalized spacial score (nSPS) is 16.7. The average molecular weight is 189 g/mol. The van der Waals surface area contributed by atoms with Gasteiger partial charge in [-0.2, -0.15) is 0 Å². The molecular weight excluding hydrogens is 178 g/mol. The molecule has 2 aromatic rings. The Hall–Kier alpha value is -0.890. The van der Waals surface area contributed by atoms with E-state index in [0.29, 0.717) is 0 Å². The van der Waals surface area contributed by atoms with Crippen molar-refractivity contribution in [2.75, 3.05) is 0 Å². The molecule has 2 aromatic heterocycles. The van der Waals surface area contributed by atoms with Crippen LogP contribution >= 0.6 is 11.3 Å². The first-order chi connectivity index (χ1) is 6.36. The fraction of sp³-hybridized carbons (Fsp3) is 0.364. The number of hydrogen-bond acceptors (Lipinski definition) is 2. The van der Waals surface area contributed by atoms with Crippen molar-refractivity contribution in [3.05, 3.63) is 28.9 Å². The predicted octanol–water partition coefficient (Wildman–Crippen LogP) is 3.48. The van der Waals surface area contributed by atoms with Crippen molar-refractivity contribution >= 4 is 21.4 Å². The Balaban J connectivity index is 2.34. The van der Waals surface area contributed by atoms with Gasteiger partial charge in [-0.15, -0.1) is 11.3 Å². The maximum Gasteiger partial charge on any atom is 0.0531 e. The van der Waals surface area contributed by atoms with E-state index in [4.69, 9.17) is 0 Å². The molecule has 0 amide bonds. The van der Waals surface area contributed by atoms with E-state index >= 15 is 0 Å². The number of thiophene rings is 1. The minimum atomic E-state index is 0.856. The van der Waals surface area contributed by atoms with Crippen molar-refractivity contribution < 1.29 is 0 Å². The number of nitrogens with zero attached hydrogens (tertiary/aromatic N) is 1. The number of aromatic nitrogens is 1. The van der Waals surface area contributed by atoms with Crippen molar-refractivity contribution in [1.82, 2.24) is 4.98 Å². The van der Waals surface area contributed by atoms with Crippen LogP contribution in [0.1, 0.15) is 29.9 Å². The molecule has 1 aliphatic rings. The van der Waals surface area contributed by atoms with Crippen LogP contribution in [0.4, 0.5) is 0 Å². The van der Waals surface area contributed by atoms with Gasteiger partial charge in [-0.3, -0.25) is 4.98 Å². The van der Waals surface area contributed by atoms with Gasteiger partial charge in [-0.1, -0.05) is 0 Å². The molecule has 1 aliphatic carbocycles. The molecule has 0 aromatic carbocycles. The van der Waals surface area contributed by atoms with Crippen LogP contribution < -0.4 is 0 Å². The third-order valence-electron chi connectivity index (χ3n) is 2.72. The lowest BCUT2D eigenvalue weighted by molar-refractivity contribution is 1.16. The summed E-state index contributed by atoms with van der Waals surface area (Å²) in [5, 5.41) is 3.79. The Labute approximate surface area is 81.4 Å². The summed E-state index contributed by atoms with van der Waals surface area (Å²) in [4.78, 5) is 4.22. The number of fused-ring (bicyclic) bond motifs is 1. The van der Waals surface area contributed by atoms with E-state index in [1.165, 1.54) is 28.5 Å². The number of pyridine rings is 1. The molecule has 0 unspecified atom stereocenters. The second-order valence-electron chi connectivity index (χ2n) is 3.79. The summed E-state index contributed by atoms with van der Waals surface area (Å²) in [6, 6.07) is 0. The lowest BCUT2D eigenvalue weighted by atomic mass is 10.1. The maximum absolute atomic E-state index is 4.22. The number of aryl methyl sites for hydroxylation is 1. The van der Waals surface area contributed by atoms with Crippen molar-refractivity contribution in [2.24, 2.45) is 0 Å². The zero-order valence-electron chi connectivity index (χ0n) is 7.58. The Morgan fingerprint density at radius 1 is 1.38 bits per heavy atom. The van der Waals surface area contributed by atoms with E-state index in [-0.39, 0.29) is 0 Å². The first-order valence-electron chi connectivity index (χ1n) is 4.68. The summed E-state index contributed by atoms with van der Waals surface area (Å²) in [7, 11) is 0. The highest BCUT2D eigenvalue weighted by Gasteiger charge is 2.26. The van der Waals surface area contributed by atoms with Gasteiger partial charge in [0.2, 0.25) is 0 Å². The van der Waals surface area contributed by atoms with Crippen LogP contribution in [0.2, 0.25) is 0 Å². The highest BCUT2D eigenvalue weighted by Crippen LogP contribution is 2.45. The molecule has 2 heterocycles. The summed E-state index contributed by atoms with van der Waals surface area (Å²) in [5.74, 6) is 0.856. The molecule has 0 atom stereocenters. The predicted molar refractivity (Wildman–Crippen MR) is 56.3 cm³/mol. The lowest BCUT2D eigenvalue weighted by Gasteiger charge is -1.98. The van der Waals surface area contributed by atoms with Crippen molar-refractivity contribution in [3.63, 3.8) is 0 Å². The second-order valence-corrected chi connectivity index (χ2v) is 4.71. The minimum absolute atomic E-state index is 0.856. The SMILES string of the molecule is Cc1cncc2scc(C3CC3)c12. The third kappa shape index (κ3) is 1.09. The highest BCUT2D eigenvalue weighted by molar-refractivity contribution is 7.17. The van der Waals surface area contributed by atoms with Gasteiger partial charge < -0.3 is 0 Å². The van der Waals surface area contributed by atoms with Gasteiger partial charge in [0.25, 0.3) is 0 Å². The quantitative estimate of drug-likeness (QED) is 0.669. The molecule has 0 spiro atoms. The number of rotatable bonds is 1. The summed E-state index contributed by atoms with van der Waals surface area (Å²) in [5.41, 5.74) is 2.90. The average Bonchev–Trinajstić information content (AvgIpc) is 2.87. The smallest absolute Gasteiger partial charge is 0.0531 e. The Morgan fingerprint density at radius 3 is 3.00 bits per heavy atom. The van der Waals surface area contributed by atoms with Crippen LogP contribution in [0.3, 0.4) is 0 Å². The van der Waals surface area contributed by atoms with Gasteiger partial charge >= 0.3 is 0 Å². The molecular formula is C11H11NS. The van der Waals surface area contributed by atoms with E-state index in [0.717, 1.165) is 5.92 Å². The van der Waals surface area contributed by atoms with Crippen molar-refractivity contribution in [2.45, 2.75) is 25.7 Å². The standard InChI is InChI=1S/C11H11NS/c1-7-4-12-5-10-11(7)9(6-13-10)8-2-3-8/h4-6,8H,2-3H2,1H3. The Morgan fingerprint density at radius 2 is 2.23 bits per heavy atom. The van der Waals surface area contributed by atoms with E-state index in [2.05, 4.69) is 17.3 Å². The van der Waals surface area contributed by atoms with E-state index in [1.54, 1.807) is 5.56 Å². The van der Waals surface area contributed by atoms with Gasteiger partial charge in [-0.25, -0.2) is 0 Å². The van der Waals surface area contributed by atoms with Gasteiger partial charge in [0, 0.05) is 17.8 Å². The molecule has 1 saturated carbocycles. The summed E-state index contributed by atoms with van der Waals surface area (Å²) >= 11 is 1.83. The molecule has 1 fully saturated rings. The highest BCUT2D eigenvalue weighted by atomic mass is 32.1. The van der Waals surface area contributed by atoms with Gasteiger partial charge in [0.05, 0.1) is 4.70 Å². The summed E-state index contributed by atoms with van der Waals surface area (Å²) < 4.78 is 1.35. The number of hydrogen-bond donors (Lipinski definition) is 0. The van der Waals surface area contributed by atoms with Crippen molar-refractivity contribution in [3.8, 4) is 0 Å². The van der Waals surface area contributed by atoms with Crippen LogP contribution in [-0.4, -0.2) is 4.98 Å². The van der Waals surface area contributed by atoms with E-state index < -0.39 is 0 Å². The molecule has 13 heavy (non-hydrogen) atoms. The van der Waals surface area contributed by atoms with Crippen LogP contribution in [0.5, 0.6) is 0 Å². The van der Waals surface area contributed by atoms with Gasteiger partial charge in [0.15, 0.2) is 0 Å². The van der Waals surface area contributed by atoms with E-state index in [9.17, 15) is 0 Å². The zero-order chi connectivity index (χ0) is 8.84. The Bertz CT molecular complexity index is 454. The monoisotopic (exact) mass is 189 g/mol. The molecule has 0 saturated heterocycles. The lowest BCUT2D eigenvalue weighted by Crippen LogP contribution is -1.81. The topological polar surface area (TPSA) is 12.9 Å². The maximum atomic E-state index is 4.22. The van der Waals surface area contributed by atoms with Gasteiger partial charge in [-0.05, 0) is 42.2 Å². The fourth-order valence-electron chi connectivity index (χ4n) is 1.88. The fourth-order valence-corrected chi connectivity index (χ4v) is 2.96.